The molecule has 0 fully saturated rings. The molecule has 1 aliphatic heterocycles. The lowest BCUT2D eigenvalue weighted by Crippen LogP contribution is -2.23. The Balaban J connectivity index is 1.67. The summed E-state index contributed by atoms with van der Waals surface area (Å²) in [6.07, 6.45) is 0. The van der Waals surface area contributed by atoms with Gasteiger partial charge in [0.1, 0.15) is 24.7 Å². The van der Waals surface area contributed by atoms with Crippen molar-refractivity contribution in [1.82, 2.24) is 4.72 Å². The maximum Gasteiger partial charge on any atom is 0.328 e. The van der Waals surface area contributed by atoms with Crippen LogP contribution in [0, 0.1) is 6.92 Å². The normalized spacial score (nSPS) is 16.0. The van der Waals surface area contributed by atoms with E-state index in [4.69, 9.17) is 9.47 Å². The van der Waals surface area contributed by atoms with Crippen molar-refractivity contribution in [2.24, 2.45) is 4.99 Å². The zero-order valence-electron chi connectivity index (χ0n) is 14.4. The lowest BCUT2D eigenvalue weighted by Gasteiger charge is -2.09. The lowest BCUT2D eigenvalue weighted by molar-refractivity contribution is -0.143. The predicted molar refractivity (Wildman–Crippen MR) is 95.7 cm³/mol. The van der Waals surface area contributed by atoms with Gasteiger partial charge in [-0.3, -0.25) is 14.5 Å². The fraction of sp³-hybridized carbons (Fsp3) is 0.222. The van der Waals surface area contributed by atoms with E-state index in [0.29, 0.717) is 11.3 Å². The highest BCUT2D eigenvalue weighted by molar-refractivity contribution is 7.90. The van der Waals surface area contributed by atoms with Gasteiger partial charge in [0.05, 0.1) is 12.0 Å². The molecule has 7 nitrogen and oxygen atoms in total. The number of hydrogen-bond acceptors (Lipinski definition) is 6. The molecule has 1 heterocycles. The number of aryl methyl sites for hydroxylation is 1. The smallest absolute Gasteiger partial charge is 0.328 e. The summed E-state index contributed by atoms with van der Waals surface area (Å²) in [7, 11) is -2.07. The minimum atomic E-state index is -3.62. The van der Waals surface area contributed by atoms with Gasteiger partial charge in [0.15, 0.2) is 0 Å². The topological polar surface area (TPSA) is 94.1 Å². The maximum atomic E-state index is 12.0. The second kappa shape index (κ2) is 7.17. The van der Waals surface area contributed by atoms with E-state index in [9.17, 15) is 13.2 Å². The summed E-state index contributed by atoms with van der Waals surface area (Å²) >= 11 is 0. The van der Waals surface area contributed by atoms with Gasteiger partial charge in [-0.25, -0.2) is 8.42 Å². The standard InChI is InChI=1S/C18H18N2O5S/c1-12-7-8-15(24-2)13(9-12)11-25-17(21)10-19-18-14-5-3-4-6-16(14)26(22,23)20-18/h3-9H,10-11H2,1-2H3,(H,19,20). The van der Waals surface area contributed by atoms with Gasteiger partial charge in [0.25, 0.3) is 10.0 Å². The highest BCUT2D eigenvalue weighted by Crippen LogP contribution is 2.22. The molecule has 136 valence electrons. The monoisotopic (exact) mass is 374 g/mol. The molecule has 0 unspecified atom stereocenters. The number of carbonyl (C=O) groups excluding carboxylic acids is 1. The van der Waals surface area contributed by atoms with Crippen LogP contribution in [0.5, 0.6) is 5.75 Å². The minimum absolute atomic E-state index is 0.0524. The van der Waals surface area contributed by atoms with E-state index in [1.165, 1.54) is 6.07 Å². The number of nitrogens with one attached hydrogen (secondary N) is 1. The van der Waals surface area contributed by atoms with E-state index in [2.05, 4.69) is 9.71 Å². The molecular formula is C18H18N2O5S. The quantitative estimate of drug-likeness (QED) is 0.805. The van der Waals surface area contributed by atoms with Crippen LogP contribution in [0.1, 0.15) is 16.7 Å². The van der Waals surface area contributed by atoms with E-state index in [1.807, 2.05) is 25.1 Å². The van der Waals surface area contributed by atoms with Crippen molar-refractivity contribution >= 4 is 21.8 Å². The van der Waals surface area contributed by atoms with Gasteiger partial charge in [-0.1, -0.05) is 23.8 Å². The molecule has 26 heavy (non-hydrogen) atoms. The van der Waals surface area contributed by atoms with Crippen LogP contribution in [-0.4, -0.2) is 33.9 Å². The van der Waals surface area contributed by atoms with Crippen molar-refractivity contribution in [3.8, 4) is 5.75 Å². The van der Waals surface area contributed by atoms with Crippen LogP contribution >= 0.6 is 0 Å². The number of ether oxygens (including phenoxy) is 2. The molecule has 1 aliphatic rings. The van der Waals surface area contributed by atoms with Crippen LogP contribution in [0.2, 0.25) is 0 Å². The summed E-state index contributed by atoms with van der Waals surface area (Å²) in [5.74, 6) is 0.211. The Morgan fingerprint density at radius 1 is 1.19 bits per heavy atom. The van der Waals surface area contributed by atoms with Crippen LogP contribution < -0.4 is 9.46 Å². The number of methoxy groups -OCH3 is 1. The minimum Gasteiger partial charge on any atom is -0.496 e. The average molecular weight is 374 g/mol. The van der Waals surface area contributed by atoms with Crippen molar-refractivity contribution < 1.29 is 22.7 Å². The van der Waals surface area contributed by atoms with Crippen molar-refractivity contribution in [2.45, 2.75) is 18.4 Å². The second-order valence-electron chi connectivity index (χ2n) is 5.74. The molecule has 1 N–H and O–H groups in total. The Bertz CT molecular complexity index is 983. The third-order valence-corrected chi connectivity index (χ3v) is 5.25. The number of amidine groups is 1. The maximum absolute atomic E-state index is 12.0. The Morgan fingerprint density at radius 2 is 1.96 bits per heavy atom. The lowest BCUT2D eigenvalue weighted by atomic mass is 10.1. The molecule has 0 amide bonds. The molecule has 0 spiro atoms. The number of carbonyl (C=O) groups is 1. The highest BCUT2D eigenvalue weighted by Gasteiger charge is 2.30. The first kappa shape index (κ1) is 17.9. The summed E-state index contributed by atoms with van der Waals surface area (Å²) in [4.78, 5) is 16.2. The van der Waals surface area contributed by atoms with Gasteiger partial charge < -0.3 is 9.47 Å². The fourth-order valence-corrected chi connectivity index (χ4v) is 3.87. The number of benzene rings is 2. The van der Waals surface area contributed by atoms with Gasteiger partial charge in [-0.05, 0) is 31.2 Å². The Labute approximate surface area is 151 Å². The van der Waals surface area contributed by atoms with Crippen LogP contribution in [-0.2, 0) is 26.2 Å². The Morgan fingerprint density at radius 3 is 2.73 bits per heavy atom. The molecule has 0 radical (unpaired) electrons. The first-order valence-corrected chi connectivity index (χ1v) is 9.35. The number of nitrogens with zero attached hydrogens (tertiary/aromatic N) is 1. The van der Waals surface area contributed by atoms with Crippen LogP contribution in [0.4, 0.5) is 0 Å². The van der Waals surface area contributed by atoms with Crippen LogP contribution in [0.15, 0.2) is 52.4 Å². The molecule has 8 heteroatoms. The molecule has 0 saturated heterocycles. The first-order chi connectivity index (χ1) is 12.4. The van der Waals surface area contributed by atoms with E-state index in [1.54, 1.807) is 25.3 Å². The average Bonchev–Trinajstić information content (AvgIpc) is 2.89. The summed E-state index contributed by atoms with van der Waals surface area (Å²) in [6.45, 7) is 1.69. The zero-order chi connectivity index (χ0) is 18.7. The van der Waals surface area contributed by atoms with Crippen molar-refractivity contribution in [3.05, 3.63) is 59.2 Å². The summed E-state index contributed by atoms with van der Waals surface area (Å²) in [6, 6.07) is 12.0. The molecule has 2 aromatic carbocycles. The molecule has 2 aromatic rings. The summed E-state index contributed by atoms with van der Waals surface area (Å²) in [5.41, 5.74) is 2.22. The Hall–Kier alpha value is -2.87. The molecule has 0 saturated carbocycles. The summed E-state index contributed by atoms with van der Waals surface area (Å²) < 4.78 is 36.8. The van der Waals surface area contributed by atoms with Gasteiger partial charge in [0.2, 0.25) is 0 Å². The van der Waals surface area contributed by atoms with Crippen molar-refractivity contribution in [1.29, 1.82) is 0 Å². The Kier molecular flexibility index (Phi) is 4.94. The number of esters is 1. The molecule has 0 bridgehead atoms. The van der Waals surface area contributed by atoms with E-state index in [-0.39, 0.29) is 23.9 Å². The third-order valence-electron chi connectivity index (χ3n) is 3.85. The highest BCUT2D eigenvalue weighted by atomic mass is 32.2. The molecule has 0 aliphatic carbocycles. The van der Waals surface area contributed by atoms with Gasteiger partial charge in [-0.2, -0.15) is 0 Å². The number of rotatable bonds is 5. The zero-order valence-corrected chi connectivity index (χ0v) is 15.2. The van der Waals surface area contributed by atoms with E-state index >= 15 is 0 Å². The fourth-order valence-electron chi connectivity index (χ4n) is 2.62. The SMILES string of the molecule is COc1ccc(C)cc1COC(=O)CN=C1NS(=O)(=O)c2ccccc21. The second-order valence-corrected chi connectivity index (χ2v) is 7.39. The molecule has 3 rings (SSSR count). The van der Waals surface area contributed by atoms with Crippen molar-refractivity contribution in [3.63, 3.8) is 0 Å². The number of fused-ring (bicyclic) bond motifs is 1. The first-order valence-electron chi connectivity index (χ1n) is 7.86. The number of hydrogen-bond donors (Lipinski definition) is 1. The van der Waals surface area contributed by atoms with Crippen molar-refractivity contribution in [2.75, 3.05) is 13.7 Å². The third kappa shape index (κ3) is 3.70. The van der Waals surface area contributed by atoms with Crippen LogP contribution in [0.3, 0.4) is 0 Å². The molecule has 0 atom stereocenters. The van der Waals surface area contributed by atoms with Gasteiger partial charge in [-0.15, -0.1) is 0 Å². The number of sulfonamides is 1. The van der Waals surface area contributed by atoms with Gasteiger partial charge >= 0.3 is 5.97 Å². The number of aliphatic imine (C=N–C) groups is 1. The largest absolute Gasteiger partial charge is 0.496 e. The molecule has 0 aromatic heterocycles. The van der Waals surface area contributed by atoms with Gasteiger partial charge in [0, 0.05) is 11.1 Å². The van der Waals surface area contributed by atoms with E-state index in [0.717, 1.165) is 11.1 Å². The summed E-state index contributed by atoms with van der Waals surface area (Å²) in [5, 5.41) is 0. The predicted octanol–water partition coefficient (Wildman–Crippen LogP) is 1.79. The van der Waals surface area contributed by atoms with Crippen LogP contribution in [0.25, 0.3) is 0 Å². The van der Waals surface area contributed by atoms with E-state index < -0.39 is 16.0 Å². The molecular weight excluding hydrogens is 356 g/mol.